The molecule has 7 heteroatoms. The van der Waals surface area contributed by atoms with Crippen molar-refractivity contribution in [2.45, 2.75) is 26.2 Å². The number of nitrogens with one attached hydrogen (secondary N) is 1. The van der Waals surface area contributed by atoms with Gasteiger partial charge in [-0.3, -0.25) is 9.59 Å². The lowest BCUT2D eigenvalue weighted by molar-refractivity contribution is -0.149. The van der Waals surface area contributed by atoms with Crippen molar-refractivity contribution in [2.75, 3.05) is 24.7 Å². The van der Waals surface area contributed by atoms with E-state index in [0.29, 0.717) is 19.4 Å². The molecule has 1 amide bonds. The lowest BCUT2D eigenvalue weighted by Crippen LogP contribution is -2.30. The summed E-state index contributed by atoms with van der Waals surface area (Å²) < 4.78 is 27.6. The van der Waals surface area contributed by atoms with Crippen molar-refractivity contribution in [1.82, 2.24) is 5.32 Å². The molecule has 1 aromatic carbocycles. The van der Waals surface area contributed by atoms with Gasteiger partial charge in [-0.15, -0.1) is 0 Å². The van der Waals surface area contributed by atoms with Gasteiger partial charge in [0.25, 0.3) is 5.91 Å². The summed E-state index contributed by atoms with van der Waals surface area (Å²) in [5.41, 5.74) is 2.34. The molecule has 1 heterocycles. The van der Waals surface area contributed by atoms with Crippen LogP contribution < -0.4 is 5.32 Å². The zero-order chi connectivity index (χ0) is 17.6. The normalized spacial score (nSPS) is 19.0. The van der Waals surface area contributed by atoms with Crippen LogP contribution >= 0.6 is 0 Å². The topological polar surface area (TPSA) is 89.5 Å². The van der Waals surface area contributed by atoms with Crippen LogP contribution in [0.4, 0.5) is 0 Å². The minimum atomic E-state index is -3.00. The molecule has 1 aromatic rings. The molecule has 0 bridgehead atoms. The first-order chi connectivity index (χ1) is 11.4. The third kappa shape index (κ3) is 5.96. The Bertz CT molecular complexity index is 699. The van der Waals surface area contributed by atoms with Gasteiger partial charge in [-0.1, -0.05) is 24.3 Å². The summed E-state index contributed by atoms with van der Waals surface area (Å²) in [6, 6.07) is 7.95. The highest BCUT2D eigenvalue weighted by Crippen LogP contribution is 2.21. The van der Waals surface area contributed by atoms with Crippen LogP contribution in [0.1, 0.15) is 24.0 Å². The summed E-state index contributed by atoms with van der Waals surface area (Å²) in [6.07, 6.45) is 1.25. The van der Waals surface area contributed by atoms with E-state index in [1.54, 1.807) is 0 Å². The number of carbonyl (C=O) groups is 2. The minimum Gasteiger partial charge on any atom is -0.456 e. The largest absolute Gasteiger partial charge is 0.456 e. The van der Waals surface area contributed by atoms with E-state index in [1.165, 1.54) is 5.56 Å². The molecule has 0 aliphatic carbocycles. The standard InChI is InChI=1S/C17H23NO5S/c1-13-4-2-3-5-15(13)6-8-18-16(19)11-23-17(20)10-14-7-9-24(21,22)12-14/h2-5,14H,6-12H2,1H3,(H,18,19). The van der Waals surface area contributed by atoms with Crippen LogP contribution in [0, 0.1) is 12.8 Å². The number of carbonyl (C=O) groups excluding carboxylic acids is 2. The van der Waals surface area contributed by atoms with Gasteiger partial charge in [0, 0.05) is 13.0 Å². The third-order valence-corrected chi connectivity index (χ3v) is 5.96. The van der Waals surface area contributed by atoms with Crippen molar-refractivity contribution in [3.05, 3.63) is 35.4 Å². The van der Waals surface area contributed by atoms with Crippen LogP contribution in [0.3, 0.4) is 0 Å². The van der Waals surface area contributed by atoms with E-state index in [-0.39, 0.29) is 36.4 Å². The van der Waals surface area contributed by atoms with Crippen molar-refractivity contribution in [1.29, 1.82) is 0 Å². The van der Waals surface area contributed by atoms with E-state index < -0.39 is 15.8 Å². The fourth-order valence-electron chi connectivity index (χ4n) is 2.75. The first kappa shape index (κ1) is 18.4. The number of ether oxygens (including phenoxy) is 1. The fourth-order valence-corrected chi connectivity index (χ4v) is 4.61. The number of hydrogen-bond acceptors (Lipinski definition) is 5. The van der Waals surface area contributed by atoms with E-state index in [0.717, 1.165) is 5.56 Å². The minimum absolute atomic E-state index is 0.0325. The highest BCUT2D eigenvalue weighted by atomic mass is 32.2. The summed E-state index contributed by atoms with van der Waals surface area (Å²) in [6.45, 7) is 2.16. The average Bonchev–Trinajstić information content (AvgIpc) is 2.86. The van der Waals surface area contributed by atoms with E-state index in [9.17, 15) is 18.0 Å². The number of hydrogen-bond donors (Lipinski definition) is 1. The van der Waals surface area contributed by atoms with Gasteiger partial charge in [0.15, 0.2) is 16.4 Å². The van der Waals surface area contributed by atoms with Crippen molar-refractivity contribution in [3.8, 4) is 0 Å². The van der Waals surface area contributed by atoms with Crippen LogP contribution in [0.25, 0.3) is 0 Å². The first-order valence-corrected chi connectivity index (χ1v) is 9.85. The Morgan fingerprint density at radius 1 is 1.29 bits per heavy atom. The quantitative estimate of drug-likeness (QED) is 0.739. The molecule has 0 saturated carbocycles. The number of sulfone groups is 1. The third-order valence-electron chi connectivity index (χ3n) is 4.12. The van der Waals surface area contributed by atoms with Gasteiger partial charge in [-0.05, 0) is 36.8 Å². The van der Waals surface area contributed by atoms with Crippen LogP contribution in [-0.2, 0) is 30.6 Å². The number of rotatable bonds is 7. The maximum absolute atomic E-state index is 11.7. The Kier molecular flexibility index (Phi) is 6.36. The number of amides is 1. The second-order valence-corrected chi connectivity index (χ2v) is 8.39. The summed E-state index contributed by atoms with van der Waals surface area (Å²) in [5.74, 6) is -0.900. The Morgan fingerprint density at radius 2 is 2.04 bits per heavy atom. The highest BCUT2D eigenvalue weighted by Gasteiger charge is 2.29. The number of aryl methyl sites for hydroxylation is 1. The lowest BCUT2D eigenvalue weighted by atomic mass is 10.1. The molecular weight excluding hydrogens is 330 g/mol. The summed E-state index contributed by atoms with van der Waals surface area (Å²) in [5, 5.41) is 2.71. The SMILES string of the molecule is Cc1ccccc1CCNC(=O)COC(=O)CC1CCS(=O)(=O)C1. The molecule has 1 atom stereocenters. The Hall–Kier alpha value is -1.89. The predicted octanol–water partition coefficient (Wildman–Crippen LogP) is 1.02. The summed E-state index contributed by atoms with van der Waals surface area (Å²) in [4.78, 5) is 23.3. The van der Waals surface area contributed by atoms with Gasteiger partial charge in [0.1, 0.15) is 0 Å². The lowest BCUT2D eigenvalue weighted by Gasteiger charge is -2.09. The molecule has 132 valence electrons. The van der Waals surface area contributed by atoms with Gasteiger partial charge in [0.2, 0.25) is 0 Å². The predicted molar refractivity (Wildman–Crippen MR) is 90.2 cm³/mol. The number of benzene rings is 1. The fraction of sp³-hybridized carbons (Fsp3) is 0.529. The van der Waals surface area contributed by atoms with E-state index in [2.05, 4.69) is 5.32 Å². The zero-order valence-corrected chi connectivity index (χ0v) is 14.6. The van der Waals surface area contributed by atoms with E-state index >= 15 is 0 Å². The molecular formula is C17H23NO5S. The Labute approximate surface area is 142 Å². The van der Waals surface area contributed by atoms with Crippen LogP contribution in [0.15, 0.2) is 24.3 Å². The summed E-state index contributed by atoms with van der Waals surface area (Å²) in [7, 11) is -3.00. The zero-order valence-electron chi connectivity index (χ0n) is 13.8. The van der Waals surface area contributed by atoms with Crippen molar-refractivity contribution >= 4 is 21.7 Å². The maximum atomic E-state index is 11.7. The second kappa shape index (κ2) is 8.28. The van der Waals surface area contributed by atoms with E-state index in [4.69, 9.17) is 4.74 Å². The molecule has 0 spiro atoms. The maximum Gasteiger partial charge on any atom is 0.306 e. The molecule has 1 fully saturated rings. The van der Waals surface area contributed by atoms with Crippen molar-refractivity contribution < 1.29 is 22.7 Å². The van der Waals surface area contributed by atoms with Crippen molar-refractivity contribution in [2.24, 2.45) is 5.92 Å². The van der Waals surface area contributed by atoms with Gasteiger partial charge < -0.3 is 10.1 Å². The molecule has 1 aliphatic heterocycles. The molecule has 24 heavy (non-hydrogen) atoms. The van der Waals surface area contributed by atoms with Crippen LogP contribution in [0.2, 0.25) is 0 Å². The van der Waals surface area contributed by atoms with Gasteiger partial charge in [-0.25, -0.2) is 8.42 Å². The molecule has 2 rings (SSSR count). The average molecular weight is 353 g/mol. The molecule has 0 radical (unpaired) electrons. The molecule has 1 aliphatic rings. The van der Waals surface area contributed by atoms with Gasteiger partial charge >= 0.3 is 5.97 Å². The smallest absolute Gasteiger partial charge is 0.306 e. The first-order valence-electron chi connectivity index (χ1n) is 8.03. The molecule has 6 nitrogen and oxygen atoms in total. The second-order valence-electron chi connectivity index (χ2n) is 6.16. The molecule has 1 saturated heterocycles. The van der Waals surface area contributed by atoms with E-state index in [1.807, 2.05) is 31.2 Å². The van der Waals surface area contributed by atoms with Crippen LogP contribution in [-0.4, -0.2) is 45.0 Å². The van der Waals surface area contributed by atoms with Gasteiger partial charge in [0.05, 0.1) is 11.5 Å². The Balaban J connectivity index is 1.62. The van der Waals surface area contributed by atoms with Crippen molar-refractivity contribution in [3.63, 3.8) is 0 Å². The summed E-state index contributed by atoms with van der Waals surface area (Å²) >= 11 is 0. The molecule has 1 N–H and O–H groups in total. The highest BCUT2D eigenvalue weighted by molar-refractivity contribution is 7.91. The number of esters is 1. The molecule has 0 aromatic heterocycles. The molecule has 1 unspecified atom stereocenters. The monoisotopic (exact) mass is 353 g/mol. The van der Waals surface area contributed by atoms with Gasteiger partial charge in [-0.2, -0.15) is 0 Å². The van der Waals surface area contributed by atoms with Crippen LogP contribution in [0.5, 0.6) is 0 Å². The Morgan fingerprint density at radius 3 is 2.71 bits per heavy atom.